The van der Waals surface area contributed by atoms with E-state index in [1.807, 2.05) is 0 Å². The van der Waals surface area contributed by atoms with Gasteiger partial charge >= 0.3 is 0 Å². The summed E-state index contributed by atoms with van der Waals surface area (Å²) in [5.41, 5.74) is 5.26. The van der Waals surface area contributed by atoms with Crippen molar-refractivity contribution in [2.75, 3.05) is 0 Å². The molecule has 0 unspecified atom stereocenters. The van der Waals surface area contributed by atoms with E-state index in [1.165, 1.54) is 22.3 Å². The van der Waals surface area contributed by atoms with Crippen molar-refractivity contribution < 1.29 is 0 Å². The summed E-state index contributed by atoms with van der Waals surface area (Å²) < 4.78 is 1.13. The molecule has 1 heteroatoms. The number of hydrogen-bond donors (Lipinski definition) is 0. The Balaban J connectivity index is 1.69. The van der Waals surface area contributed by atoms with Gasteiger partial charge in [-0.1, -0.05) is 82.7 Å². The van der Waals surface area contributed by atoms with Gasteiger partial charge in [0.25, 0.3) is 0 Å². The molecule has 0 spiro atoms. The molecule has 3 rings (SSSR count). The summed E-state index contributed by atoms with van der Waals surface area (Å²) in [5.74, 6) is 0. The van der Waals surface area contributed by atoms with Crippen LogP contribution in [0.25, 0.3) is 11.1 Å². The molecule has 22 heavy (non-hydrogen) atoms. The number of halogens is 1. The Morgan fingerprint density at radius 2 is 1.41 bits per heavy atom. The first-order valence-corrected chi connectivity index (χ1v) is 8.34. The minimum Gasteiger partial charge on any atom is -0.0622 e. The first-order chi connectivity index (χ1) is 10.8. The summed E-state index contributed by atoms with van der Waals surface area (Å²) in [5, 5.41) is 0. The lowest BCUT2D eigenvalue weighted by Gasteiger charge is -2.09. The highest BCUT2D eigenvalue weighted by Gasteiger charge is 2.04. The van der Waals surface area contributed by atoms with E-state index in [4.69, 9.17) is 0 Å². The van der Waals surface area contributed by atoms with Crippen LogP contribution in [0.2, 0.25) is 0 Å². The van der Waals surface area contributed by atoms with Gasteiger partial charge in [-0.25, -0.2) is 0 Å². The Kier molecular flexibility index (Phi) is 5.07. The minimum atomic E-state index is 1.05. The second kappa shape index (κ2) is 7.42. The Bertz CT molecular complexity index is 714. The molecule has 1 radical (unpaired) electrons. The highest BCUT2D eigenvalue weighted by molar-refractivity contribution is 9.10. The van der Waals surface area contributed by atoms with E-state index in [1.54, 1.807) is 0 Å². The van der Waals surface area contributed by atoms with Crippen LogP contribution in [0.4, 0.5) is 0 Å². The lowest BCUT2D eigenvalue weighted by molar-refractivity contribution is 0.951. The van der Waals surface area contributed by atoms with Gasteiger partial charge in [0, 0.05) is 4.47 Å². The highest BCUT2D eigenvalue weighted by atomic mass is 79.9. The molecule has 0 fully saturated rings. The Labute approximate surface area is 141 Å². The predicted octanol–water partition coefficient (Wildman–Crippen LogP) is 6.30. The molecule has 0 amide bonds. The number of hydrogen-bond acceptors (Lipinski definition) is 0. The third kappa shape index (κ3) is 3.86. The summed E-state index contributed by atoms with van der Waals surface area (Å²) in [6, 6.07) is 27.8. The Morgan fingerprint density at radius 1 is 0.727 bits per heavy atom. The summed E-state index contributed by atoms with van der Waals surface area (Å²) in [7, 11) is 0. The van der Waals surface area contributed by atoms with E-state index in [-0.39, 0.29) is 0 Å². The summed E-state index contributed by atoms with van der Waals surface area (Å²) in [6.45, 7) is 0. The fraction of sp³-hybridized carbons (Fsp3) is 0.0952. The Morgan fingerprint density at radius 3 is 2.18 bits per heavy atom. The lowest BCUT2D eigenvalue weighted by Crippen LogP contribution is -1.91. The van der Waals surface area contributed by atoms with Gasteiger partial charge < -0.3 is 0 Å². The fourth-order valence-electron chi connectivity index (χ4n) is 2.60. The van der Waals surface area contributed by atoms with Crippen LogP contribution in [0.15, 0.2) is 83.3 Å². The average Bonchev–Trinajstić information content (AvgIpc) is 2.58. The number of aryl methyl sites for hydroxylation is 1. The second-order valence-corrected chi connectivity index (χ2v) is 6.24. The van der Waals surface area contributed by atoms with Crippen molar-refractivity contribution in [3.8, 4) is 11.1 Å². The van der Waals surface area contributed by atoms with Crippen molar-refractivity contribution in [1.29, 1.82) is 0 Å². The van der Waals surface area contributed by atoms with Gasteiger partial charge in [0.15, 0.2) is 0 Å². The zero-order valence-electron chi connectivity index (χ0n) is 12.4. The molecule has 0 saturated heterocycles. The van der Waals surface area contributed by atoms with E-state index in [0.29, 0.717) is 0 Å². The van der Waals surface area contributed by atoms with Gasteiger partial charge in [-0.3, -0.25) is 0 Å². The molecule has 0 N–H and O–H groups in total. The monoisotopic (exact) mass is 349 g/mol. The average molecular weight is 350 g/mol. The second-order valence-electron chi connectivity index (χ2n) is 5.32. The zero-order chi connectivity index (χ0) is 15.2. The quantitative estimate of drug-likeness (QED) is 0.506. The van der Waals surface area contributed by atoms with Gasteiger partial charge in [-0.15, -0.1) is 0 Å². The van der Waals surface area contributed by atoms with Crippen LogP contribution in [0.1, 0.15) is 17.5 Å². The van der Waals surface area contributed by atoms with Crippen LogP contribution < -0.4 is 0 Å². The number of benzene rings is 3. The largest absolute Gasteiger partial charge is 0.0622 e. The standard InChI is InChI=1S/C21H18Br/c22-20-15-13-17(14-16-20)7-6-11-19-10-4-5-12-21(19)18-8-2-1-3-9-18/h1-5,8-16H,6-7H2. The van der Waals surface area contributed by atoms with Crippen molar-refractivity contribution in [3.05, 3.63) is 101 Å². The molecule has 0 nitrogen and oxygen atoms in total. The van der Waals surface area contributed by atoms with Gasteiger partial charge in [0.05, 0.1) is 0 Å². The van der Waals surface area contributed by atoms with Crippen LogP contribution in [0, 0.1) is 6.42 Å². The molecule has 109 valence electrons. The fourth-order valence-corrected chi connectivity index (χ4v) is 2.87. The van der Waals surface area contributed by atoms with Crippen molar-refractivity contribution >= 4 is 15.9 Å². The van der Waals surface area contributed by atoms with Crippen LogP contribution in [0.5, 0.6) is 0 Å². The molecule has 0 aliphatic carbocycles. The van der Waals surface area contributed by atoms with Gasteiger partial charge in [0.1, 0.15) is 0 Å². The lowest BCUT2D eigenvalue weighted by atomic mass is 9.95. The smallest absolute Gasteiger partial charge is 0.0175 e. The maximum atomic E-state index is 3.48. The summed E-state index contributed by atoms with van der Waals surface area (Å²) in [4.78, 5) is 0. The molecule has 0 bridgehead atoms. The molecular weight excluding hydrogens is 332 g/mol. The molecule has 0 aliphatic heterocycles. The zero-order valence-corrected chi connectivity index (χ0v) is 14.0. The maximum Gasteiger partial charge on any atom is 0.0175 e. The molecule has 0 saturated carbocycles. The van der Waals surface area contributed by atoms with E-state index in [0.717, 1.165) is 17.3 Å². The summed E-state index contributed by atoms with van der Waals surface area (Å²) >= 11 is 3.48. The van der Waals surface area contributed by atoms with Crippen molar-refractivity contribution in [3.63, 3.8) is 0 Å². The molecule has 0 heterocycles. The van der Waals surface area contributed by atoms with Crippen LogP contribution in [-0.2, 0) is 6.42 Å². The van der Waals surface area contributed by atoms with Gasteiger partial charge in [-0.2, -0.15) is 0 Å². The molecule has 0 aliphatic rings. The Hall–Kier alpha value is -1.86. The third-order valence-corrected chi connectivity index (χ3v) is 4.28. The van der Waals surface area contributed by atoms with E-state index in [9.17, 15) is 0 Å². The number of rotatable bonds is 5. The highest BCUT2D eigenvalue weighted by Crippen LogP contribution is 2.25. The van der Waals surface area contributed by atoms with Crippen LogP contribution in [0.3, 0.4) is 0 Å². The van der Waals surface area contributed by atoms with Gasteiger partial charge in [0.2, 0.25) is 0 Å². The molecule has 3 aromatic rings. The normalized spacial score (nSPS) is 10.6. The molecule has 0 atom stereocenters. The maximum absolute atomic E-state index is 3.48. The molecule has 0 aromatic heterocycles. The van der Waals surface area contributed by atoms with Crippen molar-refractivity contribution in [2.45, 2.75) is 12.8 Å². The first-order valence-electron chi connectivity index (χ1n) is 7.55. The van der Waals surface area contributed by atoms with Crippen molar-refractivity contribution in [1.82, 2.24) is 0 Å². The van der Waals surface area contributed by atoms with E-state index in [2.05, 4.69) is 101 Å². The van der Waals surface area contributed by atoms with Crippen LogP contribution in [-0.4, -0.2) is 0 Å². The SMILES string of the molecule is Brc1ccc(CC[CH]c2ccccc2-c2ccccc2)cc1. The molecule has 3 aromatic carbocycles. The predicted molar refractivity (Wildman–Crippen MR) is 97.7 cm³/mol. The third-order valence-electron chi connectivity index (χ3n) is 3.76. The summed E-state index contributed by atoms with van der Waals surface area (Å²) in [6.07, 6.45) is 4.45. The van der Waals surface area contributed by atoms with E-state index < -0.39 is 0 Å². The van der Waals surface area contributed by atoms with Crippen LogP contribution >= 0.6 is 15.9 Å². The van der Waals surface area contributed by atoms with E-state index >= 15 is 0 Å². The minimum absolute atomic E-state index is 1.05. The molecular formula is C21H18Br. The van der Waals surface area contributed by atoms with Gasteiger partial charge in [-0.05, 0) is 53.6 Å². The van der Waals surface area contributed by atoms with Crippen molar-refractivity contribution in [2.24, 2.45) is 0 Å². The topological polar surface area (TPSA) is 0 Å². The first kappa shape index (κ1) is 15.1.